The molecule has 1 nitrogen and oxygen atoms in total. The minimum absolute atomic E-state index is 0.626. The molecule has 1 fully saturated rings. The van der Waals surface area contributed by atoms with Gasteiger partial charge >= 0.3 is 0 Å². The van der Waals surface area contributed by atoms with Crippen molar-refractivity contribution in [2.24, 2.45) is 0 Å². The van der Waals surface area contributed by atoms with Crippen molar-refractivity contribution in [1.82, 2.24) is 5.32 Å². The molecule has 1 N–H and O–H groups in total. The van der Waals surface area contributed by atoms with Crippen LogP contribution in [-0.4, -0.2) is 6.04 Å². The van der Waals surface area contributed by atoms with Crippen LogP contribution in [0, 0.1) is 0 Å². The zero-order chi connectivity index (χ0) is 7.84. The molecular formula is C8H10BrNS. The summed E-state index contributed by atoms with van der Waals surface area (Å²) < 4.78 is 1.21. The van der Waals surface area contributed by atoms with Gasteiger partial charge in [0.05, 0.1) is 0 Å². The zero-order valence-corrected chi connectivity index (χ0v) is 8.71. The van der Waals surface area contributed by atoms with Crippen LogP contribution in [0.1, 0.15) is 24.3 Å². The topological polar surface area (TPSA) is 12.0 Å². The van der Waals surface area contributed by atoms with E-state index in [1.165, 1.54) is 15.8 Å². The molecule has 0 amide bonds. The van der Waals surface area contributed by atoms with Gasteiger partial charge in [0.25, 0.3) is 0 Å². The van der Waals surface area contributed by atoms with Crippen molar-refractivity contribution in [2.75, 3.05) is 0 Å². The summed E-state index contributed by atoms with van der Waals surface area (Å²) >= 11 is 5.28. The van der Waals surface area contributed by atoms with E-state index < -0.39 is 0 Å². The van der Waals surface area contributed by atoms with Gasteiger partial charge in [0, 0.05) is 26.8 Å². The molecule has 2 unspecified atom stereocenters. The van der Waals surface area contributed by atoms with Crippen LogP contribution in [0.15, 0.2) is 15.9 Å². The van der Waals surface area contributed by atoms with Crippen LogP contribution in [0.4, 0.5) is 0 Å². The molecule has 0 saturated carbocycles. The van der Waals surface area contributed by atoms with Gasteiger partial charge in [-0.1, -0.05) is 0 Å². The lowest BCUT2D eigenvalue weighted by Crippen LogP contribution is -2.43. The lowest BCUT2D eigenvalue weighted by Gasteiger charge is -2.34. The Morgan fingerprint density at radius 2 is 2.45 bits per heavy atom. The summed E-state index contributed by atoms with van der Waals surface area (Å²) in [6, 6.07) is 3.54. The first-order valence-corrected chi connectivity index (χ1v) is 5.43. The number of nitrogens with one attached hydrogen (secondary N) is 1. The van der Waals surface area contributed by atoms with Crippen molar-refractivity contribution in [1.29, 1.82) is 0 Å². The van der Waals surface area contributed by atoms with Gasteiger partial charge < -0.3 is 5.32 Å². The Morgan fingerprint density at radius 1 is 1.73 bits per heavy atom. The molecule has 2 rings (SSSR count). The van der Waals surface area contributed by atoms with Crippen molar-refractivity contribution < 1.29 is 0 Å². The third-order valence-electron chi connectivity index (χ3n) is 2.01. The van der Waals surface area contributed by atoms with Crippen LogP contribution >= 0.6 is 27.3 Å². The van der Waals surface area contributed by atoms with Crippen LogP contribution in [0.2, 0.25) is 0 Å². The summed E-state index contributed by atoms with van der Waals surface area (Å²) in [6.07, 6.45) is 1.28. The van der Waals surface area contributed by atoms with E-state index in [9.17, 15) is 0 Å². The normalized spacial score (nSPS) is 30.0. The minimum atomic E-state index is 0.626. The fourth-order valence-electron chi connectivity index (χ4n) is 1.38. The first-order chi connectivity index (χ1) is 5.25. The predicted molar refractivity (Wildman–Crippen MR) is 52.0 cm³/mol. The van der Waals surface area contributed by atoms with E-state index in [4.69, 9.17) is 0 Å². The standard InChI is InChI=1S/C8H10BrNS/c1-5-2-7(10-5)8-3-6(9)4-11-8/h3-5,7,10H,2H2,1H3. The van der Waals surface area contributed by atoms with Gasteiger partial charge in [-0.3, -0.25) is 0 Å². The molecular weight excluding hydrogens is 222 g/mol. The second-order valence-corrected chi connectivity index (χ2v) is 4.88. The van der Waals surface area contributed by atoms with Crippen LogP contribution in [0.5, 0.6) is 0 Å². The van der Waals surface area contributed by atoms with Crippen molar-refractivity contribution in [3.05, 3.63) is 20.8 Å². The molecule has 1 aliphatic rings. The molecule has 0 spiro atoms. The average Bonchev–Trinajstić information content (AvgIpc) is 2.29. The van der Waals surface area contributed by atoms with Gasteiger partial charge in [0.2, 0.25) is 0 Å². The van der Waals surface area contributed by atoms with E-state index in [1.54, 1.807) is 0 Å². The fraction of sp³-hybridized carbons (Fsp3) is 0.500. The number of halogens is 1. The van der Waals surface area contributed by atoms with Gasteiger partial charge in [-0.05, 0) is 35.3 Å². The number of rotatable bonds is 1. The first kappa shape index (κ1) is 7.77. The van der Waals surface area contributed by atoms with Crippen LogP contribution in [0.25, 0.3) is 0 Å². The highest BCUT2D eigenvalue weighted by Crippen LogP contribution is 2.33. The third-order valence-corrected chi connectivity index (χ3v) is 3.81. The van der Waals surface area contributed by atoms with Crippen molar-refractivity contribution in [3.63, 3.8) is 0 Å². The molecule has 1 aromatic rings. The van der Waals surface area contributed by atoms with Gasteiger partial charge in [0.1, 0.15) is 0 Å². The summed E-state index contributed by atoms with van der Waals surface area (Å²) in [6.45, 7) is 2.22. The zero-order valence-electron chi connectivity index (χ0n) is 6.30. The van der Waals surface area contributed by atoms with Crippen molar-refractivity contribution in [3.8, 4) is 0 Å². The molecule has 1 saturated heterocycles. The highest BCUT2D eigenvalue weighted by Gasteiger charge is 2.26. The molecule has 0 bridgehead atoms. The van der Waals surface area contributed by atoms with Gasteiger partial charge in [-0.25, -0.2) is 0 Å². The SMILES string of the molecule is CC1CC(c2cc(Br)cs2)N1. The number of thiophene rings is 1. The molecule has 0 radical (unpaired) electrons. The molecule has 0 aromatic carbocycles. The van der Waals surface area contributed by atoms with Gasteiger partial charge in [-0.15, -0.1) is 11.3 Å². The molecule has 1 aliphatic heterocycles. The predicted octanol–water partition coefficient (Wildman–Crippen LogP) is 2.93. The lowest BCUT2D eigenvalue weighted by atomic mass is 9.98. The monoisotopic (exact) mass is 231 g/mol. The van der Waals surface area contributed by atoms with E-state index in [2.05, 4.69) is 39.6 Å². The summed E-state index contributed by atoms with van der Waals surface area (Å²) in [5.41, 5.74) is 0. The molecule has 2 heterocycles. The Balaban J connectivity index is 2.07. The second kappa shape index (κ2) is 2.88. The number of hydrogen-bond donors (Lipinski definition) is 1. The smallest absolute Gasteiger partial charge is 0.0432 e. The quantitative estimate of drug-likeness (QED) is 0.784. The summed E-state index contributed by atoms with van der Waals surface area (Å²) in [4.78, 5) is 1.45. The van der Waals surface area contributed by atoms with E-state index >= 15 is 0 Å². The Morgan fingerprint density at radius 3 is 2.91 bits per heavy atom. The van der Waals surface area contributed by atoms with E-state index in [1.807, 2.05) is 11.3 Å². The number of hydrogen-bond acceptors (Lipinski definition) is 2. The van der Waals surface area contributed by atoms with Gasteiger partial charge in [0.15, 0.2) is 0 Å². The maximum Gasteiger partial charge on any atom is 0.0432 e. The second-order valence-electron chi connectivity index (χ2n) is 3.02. The highest BCUT2D eigenvalue weighted by molar-refractivity contribution is 9.10. The van der Waals surface area contributed by atoms with Gasteiger partial charge in [-0.2, -0.15) is 0 Å². The van der Waals surface area contributed by atoms with E-state index in [0.717, 1.165) is 0 Å². The van der Waals surface area contributed by atoms with Crippen LogP contribution < -0.4 is 5.32 Å². The Bertz CT molecular complexity index is 252. The Kier molecular flexibility index (Phi) is 2.04. The molecule has 3 heteroatoms. The fourth-order valence-corrected chi connectivity index (χ4v) is 2.90. The average molecular weight is 232 g/mol. The molecule has 2 atom stereocenters. The molecule has 11 heavy (non-hydrogen) atoms. The first-order valence-electron chi connectivity index (χ1n) is 3.75. The largest absolute Gasteiger partial charge is 0.307 e. The van der Waals surface area contributed by atoms with Crippen molar-refractivity contribution >= 4 is 27.3 Å². The third kappa shape index (κ3) is 1.50. The van der Waals surface area contributed by atoms with Crippen LogP contribution in [-0.2, 0) is 0 Å². The van der Waals surface area contributed by atoms with Crippen molar-refractivity contribution in [2.45, 2.75) is 25.4 Å². The maximum absolute atomic E-state index is 3.46. The highest BCUT2D eigenvalue weighted by atomic mass is 79.9. The summed E-state index contributed by atoms with van der Waals surface area (Å²) in [7, 11) is 0. The summed E-state index contributed by atoms with van der Waals surface area (Å²) in [5.74, 6) is 0. The Labute approximate surface area is 78.9 Å². The molecule has 60 valence electrons. The van der Waals surface area contributed by atoms with Crippen LogP contribution in [0.3, 0.4) is 0 Å². The molecule has 0 aliphatic carbocycles. The Hall–Kier alpha value is 0.140. The summed E-state index contributed by atoms with van der Waals surface area (Å²) in [5, 5.41) is 5.60. The molecule has 1 aromatic heterocycles. The minimum Gasteiger partial charge on any atom is -0.307 e. The lowest BCUT2D eigenvalue weighted by molar-refractivity contribution is 0.292. The van der Waals surface area contributed by atoms with E-state index in [-0.39, 0.29) is 0 Å². The van der Waals surface area contributed by atoms with E-state index in [0.29, 0.717) is 12.1 Å². The maximum atomic E-state index is 3.46.